The maximum atomic E-state index is 10.8. The van der Waals surface area contributed by atoms with Gasteiger partial charge in [0, 0.05) is 16.0 Å². The second-order valence-corrected chi connectivity index (χ2v) is 5.66. The number of rotatable bonds is 5. The third-order valence-electron chi connectivity index (χ3n) is 2.21. The van der Waals surface area contributed by atoms with Gasteiger partial charge in [-0.3, -0.25) is 0 Å². The van der Waals surface area contributed by atoms with Gasteiger partial charge in [-0.05, 0) is 18.6 Å². The largest absolute Gasteiger partial charge is 0.477 e. The van der Waals surface area contributed by atoms with Crippen LogP contribution in [-0.2, 0) is 6.42 Å². The van der Waals surface area contributed by atoms with Crippen LogP contribution in [-0.4, -0.2) is 21.0 Å². The molecule has 0 aliphatic carbocycles. The molecule has 0 unspecified atom stereocenters. The minimum atomic E-state index is -0.888. The van der Waals surface area contributed by atoms with E-state index in [9.17, 15) is 4.79 Å². The molecule has 94 valence electrons. The van der Waals surface area contributed by atoms with Crippen molar-refractivity contribution in [2.75, 3.05) is 0 Å². The number of hydrogen-bond donors (Lipinski definition) is 1. The number of carboxylic acids is 1. The molecular formula is C12H12N2O2S2. The molecule has 0 aromatic carbocycles. The topological polar surface area (TPSA) is 63.1 Å². The molecule has 6 heteroatoms. The van der Waals surface area contributed by atoms with Crippen molar-refractivity contribution in [3.63, 3.8) is 0 Å². The van der Waals surface area contributed by atoms with Crippen LogP contribution in [0, 0.1) is 0 Å². The Bertz CT molecular complexity index is 555. The number of carboxylic acid groups (broad SMARTS) is 1. The normalized spacial score (nSPS) is 10.5. The number of aromatic nitrogens is 2. The minimum absolute atomic E-state index is 0.348. The van der Waals surface area contributed by atoms with Gasteiger partial charge >= 0.3 is 5.97 Å². The lowest BCUT2D eigenvalue weighted by molar-refractivity contribution is 0.0702. The van der Waals surface area contributed by atoms with Crippen molar-refractivity contribution in [1.29, 1.82) is 0 Å². The summed E-state index contributed by atoms with van der Waals surface area (Å²) in [5, 5.41) is 11.5. The van der Waals surface area contributed by atoms with Crippen LogP contribution in [0.15, 0.2) is 33.8 Å². The van der Waals surface area contributed by atoms with Crippen molar-refractivity contribution in [2.24, 2.45) is 0 Å². The molecule has 0 saturated heterocycles. The Balaban J connectivity index is 2.12. The minimum Gasteiger partial charge on any atom is -0.477 e. The molecule has 18 heavy (non-hydrogen) atoms. The summed E-state index contributed by atoms with van der Waals surface area (Å²) in [4.78, 5) is 20.4. The Morgan fingerprint density at radius 2 is 2.28 bits per heavy atom. The molecule has 2 aromatic rings. The monoisotopic (exact) mass is 280 g/mol. The molecule has 0 aliphatic heterocycles. The maximum absolute atomic E-state index is 10.8. The van der Waals surface area contributed by atoms with Crippen molar-refractivity contribution in [2.45, 2.75) is 29.7 Å². The molecule has 0 bridgehead atoms. The third-order valence-corrected chi connectivity index (χ3v) is 4.18. The first-order valence-corrected chi connectivity index (χ1v) is 7.19. The summed E-state index contributed by atoms with van der Waals surface area (Å²) in [6.07, 6.45) is 3.53. The van der Waals surface area contributed by atoms with Gasteiger partial charge in [-0.15, -0.1) is 11.3 Å². The van der Waals surface area contributed by atoms with Crippen LogP contribution in [0.1, 0.15) is 28.7 Å². The molecule has 0 radical (unpaired) electrons. The van der Waals surface area contributed by atoms with E-state index in [2.05, 4.69) is 16.9 Å². The van der Waals surface area contributed by atoms with Crippen molar-refractivity contribution < 1.29 is 9.90 Å². The first-order valence-electron chi connectivity index (χ1n) is 5.49. The van der Waals surface area contributed by atoms with Crippen LogP contribution >= 0.6 is 23.1 Å². The van der Waals surface area contributed by atoms with E-state index in [1.165, 1.54) is 23.1 Å². The summed E-state index contributed by atoms with van der Waals surface area (Å²) in [5.41, 5.74) is 1.02. The Hall–Kier alpha value is -1.40. The zero-order chi connectivity index (χ0) is 13.0. The van der Waals surface area contributed by atoms with Crippen LogP contribution < -0.4 is 0 Å². The van der Waals surface area contributed by atoms with E-state index in [0.29, 0.717) is 4.88 Å². The molecule has 4 nitrogen and oxygen atoms in total. The number of hydrogen-bond acceptors (Lipinski definition) is 5. The molecule has 0 atom stereocenters. The van der Waals surface area contributed by atoms with Gasteiger partial charge in [0.05, 0.1) is 0 Å². The summed E-state index contributed by atoms with van der Waals surface area (Å²) in [7, 11) is 0. The lowest BCUT2D eigenvalue weighted by atomic mass is 10.2. The SMILES string of the molecule is CCCc1cc(Sc2csc(C(=O)O)c2)ncn1. The van der Waals surface area contributed by atoms with E-state index < -0.39 is 5.97 Å². The summed E-state index contributed by atoms with van der Waals surface area (Å²) >= 11 is 2.69. The van der Waals surface area contributed by atoms with Crippen molar-refractivity contribution in [3.05, 3.63) is 34.4 Å². The predicted octanol–water partition coefficient (Wildman–Crippen LogP) is 3.34. The molecule has 0 amide bonds. The van der Waals surface area contributed by atoms with Crippen molar-refractivity contribution in [1.82, 2.24) is 9.97 Å². The lowest BCUT2D eigenvalue weighted by Crippen LogP contribution is -1.91. The Labute approximate surface area is 113 Å². The zero-order valence-corrected chi connectivity index (χ0v) is 11.4. The van der Waals surface area contributed by atoms with Gasteiger partial charge < -0.3 is 5.11 Å². The van der Waals surface area contributed by atoms with Crippen LogP contribution in [0.4, 0.5) is 0 Å². The lowest BCUT2D eigenvalue weighted by Gasteiger charge is -2.00. The molecule has 0 fully saturated rings. The predicted molar refractivity (Wildman–Crippen MR) is 71.4 cm³/mol. The Morgan fingerprint density at radius 1 is 1.44 bits per heavy atom. The summed E-state index contributed by atoms with van der Waals surface area (Å²) in [6, 6.07) is 3.62. The van der Waals surface area contributed by atoms with Crippen LogP contribution in [0.5, 0.6) is 0 Å². The average Bonchev–Trinajstić information content (AvgIpc) is 2.78. The fraction of sp³-hybridized carbons (Fsp3) is 0.250. The first-order chi connectivity index (χ1) is 8.69. The second-order valence-electron chi connectivity index (χ2n) is 3.65. The molecule has 0 aliphatic rings. The second kappa shape index (κ2) is 5.97. The fourth-order valence-corrected chi connectivity index (χ4v) is 3.16. The number of thiophene rings is 1. The van der Waals surface area contributed by atoms with E-state index in [0.717, 1.165) is 28.5 Å². The highest BCUT2D eigenvalue weighted by atomic mass is 32.2. The number of carbonyl (C=O) groups is 1. The number of nitrogens with zero attached hydrogens (tertiary/aromatic N) is 2. The van der Waals surface area contributed by atoms with E-state index in [4.69, 9.17) is 5.11 Å². The quantitative estimate of drug-likeness (QED) is 0.851. The van der Waals surface area contributed by atoms with Crippen LogP contribution in [0.25, 0.3) is 0 Å². The van der Waals surface area contributed by atoms with Crippen LogP contribution in [0.2, 0.25) is 0 Å². The van der Waals surface area contributed by atoms with Gasteiger partial charge in [-0.25, -0.2) is 14.8 Å². The van der Waals surface area contributed by atoms with Crippen molar-refractivity contribution >= 4 is 29.1 Å². The summed E-state index contributed by atoms with van der Waals surface area (Å²) in [6.45, 7) is 2.10. The summed E-state index contributed by atoms with van der Waals surface area (Å²) in [5.74, 6) is -0.888. The summed E-state index contributed by atoms with van der Waals surface area (Å²) < 4.78 is 0. The molecule has 2 rings (SSSR count). The third kappa shape index (κ3) is 3.30. The highest BCUT2D eigenvalue weighted by molar-refractivity contribution is 7.99. The Morgan fingerprint density at radius 3 is 2.94 bits per heavy atom. The average molecular weight is 280 g/mol. The molecule has 1 N–H and O–H groups in total. The van der Waals surface area contributed by atoms with Gasteiger partial charge in [0.2, 0.25) is 0 Å². The maximum Gasteiger partial charge on any atom is 0.345 e. The smallest absolute Gasteiger partial charge is 0.345 e. The van der Waals surface area contributed by atoms with Crippen LogP contribution in [0.3, 0.4) is 0 Å². The van der Waals surface area contributed by atoms with E-state index in [1.54, 1.807) is 12.4 Å². The van der Waals surface area contributed by atoms with Gasteiger partial charge in [0.25, 0.3) is 0 Å². The number of aromatic carboxylic acids is 1. The zero-order valence-electron chi connectivity index (χ0n) is 9.79. The molecule has 2 aromatic heterocycles. The highest BCUT2D eigenvalue weighted by Gasteiger charge is 2.08. The van der Waals surface area contributed by atoms with Gasteiger partial charge in [-0.1, -0.05) is 25.1 Å². The highest BCUT2D eigenvalue weighted by Crippen LogP contribution is 2.30. The fourth-order valence-electron chi connectivity index (χ4n) is 1.43. The van der Waals surface area contributed by atoms with Crippen molar-refractivity contribution in [3.8, 4) is 0 Å². The van der Waals surface area contributed by atoms with Gasteiger partial charge in [0.1, 0.15) is 16.2 Å². The Kier molecular flexibility index (Phi) is 4.33. The van der Waals surface area contributed by atoms with Gasteiger partial charge in [-0.2, -0.15) is 0 Å². The van der Waals surface area contributed by atoms with E-state index >= 15 is 0 Å². The van der Waals surface area contributed by atoms with Gasteiger partial charge in [0.15, 0.2) is 0 Å². The molecule has 2 heterocycles. The molecular weight excluding hydrogens is 268 g/mol. The standard InChI is InChI=1S/C12H12N2O2S2/c1-2-3-8-4-11(14-7-13-8)18-9-5-10(12(15)16)17-6-9/h4-7H,2-3H2,1H3,(H,15,16). The first kappa shape index (κ1) is 13.0. The van der Waals surface area contributed by atoms with E-state index in [1.807, 2.05) is 11.4 Å². The van der Waals surface area contributed by atoms with E-state index in [-0.39, 0.29) is 0 Å². The molecule has 0 saturated carbocycles. The molecule has 0 spiro atoms. The number of aryl methyl sites for hydroxylation is 1.